The van der Waals surface area contributed by atoms with Gasteiger partial charge in [-0.1, -0.05) is 66.7 Å². The first-order chi connectivity index (χ1) is 15.2. The van der Waals surface area contributed by atoms with Crippen molar-refractivity contribution in [3.05, 3.63) is 94.9 Å². The second-order valence-electron chi connectivity index (χ2n) is 6.81. The summed E-state index contributed by atoms with van der Waals surface area (Å²) in [5.41, 5.74) is 7.01. The second-order valence-corrected chi connectivity index (χ2v) is 8.02. The van der Waals surface area contributed by atoms with E-state index in [1.54, 1.807) is 24.7 Å². The fourth-order valence-corrected chi connectivity index (χ4v) is 3.93. The highest BCUT2D eigenvalue weighted by Gasteiger charge is 2.11. The molecule has 0 aliphatic heterocycles. The summed E-state index contributed by atoms with van der Waals surface area (Å²) < 4.78 is 11.6. The van der Waals surface area contributed by atoms with E-state index in [2.05, 4.69) is 34.6 Å². The summed E-state index contributed by atoms with van der Waals surface area (Å²) in [4.78, 5) is 5.82. The first-order valence-corrected chi connectivity index (χ1v) is 10.7. The van der Waals surface area contributed by atoms with Crippen LogP contribution in [0.4, 0.5) is 5.13 Å². The smallest absolute Gasteiger partial charge is 0.204 e. The van der Waals surface area contributed by atoms with Crippen LogP contribution in [0.3, 0.4) is 0 Å². The van der Waals surface area contributed by atoms with Gasteiger partial charge in [0.1, 0.15) is 6.61 Å². The van der Waals surface area contributed by atoms with Crippen LogP contribution >= 0.6 is 11.3 Å². The predicted molar refractivity (Wildman–Crippen MR) is 127 cm³/mol. The molecule has 0 bridgehead atoms. The molecule has 1 heterocycles. The van der Waals surface area contributed by atoms with Crippen molar-refractivity contribution >= 4 is 22.7 Å². The molecule has 0 saturated carbocycles. The van der Waals surface area contributed by atoms with E-state index in [4.69, 9.17) is 9.47 Å². The third-order valence-electron chi connectivity index (χ3n) is 4.66. The fraction of sp³-hybridized carbons (Fsp3) is 0.120. The van der Waals surface area contributed by atoms with Crippen LogP contribution < -0.4 is 14.9 Å². The number of methoxy groups -OCH3 is 1. The quantitative estimate of drug-likeness (QED) is 0.269. The minimum Gasteiger partial charge on any atom is -0.493 e. The molecule has 0 aliphatic rings. The summed E-state index contributed by atoms with van der Waals surface area (Å²) in [5, 5.41) is 5.13. The maximum atomic E-state index is 6.07. The van der Waals surface area contributed by atoms with Crippen LogP contribution in [0.25, 0.3) is 11.3 Å². The van der Waals surface area contributed by atoms with Crippen molar-refractivity contribution in [1.82, 2.24) is 4.98 Å². The Bertz CT molecular complexity index is 1160. The molecule has 3 aromatic carbocycles. The van der Waals surface area contributed by atoms with Crippen molar-refractivity contribution in [2.45, 2.75) is 13.5 Å². The number of hydrazone groups is 1. The number of rotatable bonds is 8. The van der Waals surface area contributed by atoms with E-state index in [0.29, 0.717) is 18.1 Å². The Morgan fingerprint density at radius 1 is 0.968 bits per heavy atom. The molecular weight excluding hydrogens is 406 g/mol. The third kappa shape index (κ3) is 5.10. The maximum absolute atomic E-state index is 6.07. The number of anilines is 1. The van der Waals surface area contributed by atoms with Gasteiger partial charge in [0.25, 0.3) is 0 Å². The molecule has 0 atom stereocenters. The minimum atomic E-state index is 0.446. The lowest BCUT2D eigenvalue weighted by Gasteiger charge is -2.13. The number of aromatic nitrogens is 1. The molecule has 0 aliphatic carbocycles. The Labute approximate surface area is 186 Å². The number of hydrogen-bond acceptors (Lipinski definition) is 6. The summed E-state index contributed by atoms with van der Waals surface area (Å²) in [6.45, 7) is 2.51. The van der Waals surface area contributed by atoms with E-state index < -0.39 is 0 Å². The Morgan fingerprint density at radius 2 is 1.71 bits per heavy atom. The number of aryl methyl sites for hydroxylation is 1. The molecule has 0 unspecified atom stereocenters. The van der Waals surface area contributed by atoms with Gasteiger partial charge in [-0.25, -0.2) is 4.98 Å². The highest BCUT2D eigenvalue weighted by Crippen LogP contribution is 2.32. The largest absolute Gasteiger partial charge is 0.493 e. The number of benzene rings is 3. The van der Waals surface area contributed by atoms with Crippen LogP contribution in [0.2, 0.25) is 0 Å². The van der Waals surface area contributed by atoms with E-state index in [0.717, 1.165) is 32.4 Å². The Hall–Kier alpha value is -3.64. The van der Waals surface area contributed by atoms with Gasteiger partial charge in [-0.15, -0.1) is 11.3 Å². The zero-order valence-electron chi connectivity index (χ0n) is 17.4. The Balaban J connectivity index is 1.50. The molecule has 1 N–H and O–H groups in total. The van der Waals surface area contributed by atoms with E-state index in [9.17, 15) is 0 Å². The summed E-state index contributed by atoms with van der Waals surface area (Å²) in [6.07, 6.45) is 1.72. The molecule has 156 valence electrons. The van der Waals surface area contributed by atoms with Crippen LogP contribution in [0, 0.1) is 6.92 Å². The minimum absolute atomic E-state index is 0.446. The number of para-hydroxylation sites is 1. The van der Waals surface area contributed by atoms with Crippen LogP contribution in [-0.4, -0.2) is 18.3 Å². The lowest BCUT2D eigenvalue weighted by molar-refractivity contribution is 0.284. The molecule has 5 nitrogen and oxygen atoms in total. The normalized spacial score (nSPS) is 10.9. The molecule has 0 spiro atoms. The average molecular weight is 430 g/mol. The third-order valence-corrected chi connectivity index (χ3v) is 5.54. The first-order valence-electron chi connectivity index (χ1n) is 9.90. The highest BCUT2D eigenvalue weighted by molar-refractivity contribution is 7.15. The van der Waals surface area contributed by atoms with Gasteiger partial charge in [-0.05, 0) is 24.6 Å². The lowest BCUT2D eigenvalue weighted by Crippen LogP contribution is -2.01. The number of thiazole rings is 1. The van der Waals surface area contributed by atoms with Crippen molar-refractivity contribution < 1.29 is 9.47 Å². The fourth-order valence-electron chi connectivity index (χ4n) is 3.14. The molecule has 4 rings (SSSR count). The molecule has 0 fully saturated rings. The van der Waals surface area contributed by atoms with E-state index >= 15 is 0 Å². The monoisotopic (exact) mass is 429 g/mol. The van der Waals surface area contributed by atoms with Crippen molar-refractivity contribution in [3.63, 3.8) is 0 Å². The summed E-state index contributed by atoms with van der Waals surface area (Å²) >= 11 is 1.57. The molecule has 0 amide bonds. The highest BCUT2D eigenvalue weighted by atomic mass is 32.1. The molecule has 6 heteroatoms. The van der Waals surface area contributed by atoms with E-state index in [-0.39, 0.29) is 0 Å². The van der Waals surface area contributed by atoms with Gasteiger partial charge in [0.2, 0.25) is 5.13 Å². The standard InChI is InChI=1S/C25H23N3O2S/c1-18-23(20-12-7-4-8-13-20)27-25(31-18)28-26-16-21-14-9-15-22(29-2)24(21)30-17-19-10-5-3-6-11-19/h3-16H,17H2,1-2H3,(H,27,28)/b26-16+. The number of nitrogens with one attached hydrogen (secondary N) is 1. The maximum Gasteiger partial charge on any atom is 0.204 e. The molecule has 0 saturated heterocycles. The zero-order valence-corrected chi connectivity index (χ0v) is 18.2. The van der Waals surface area contributed by atoms with Gasteiger partial charge >= 0.3 is 0 Å². The lowest BCUT2D eigenvalue weighted by atomic mass is 10.1. The van der Waals surface area contributed by atoms with Gasteiger partial charge in [0.15, 0.2) is 11.5 Å². The molecule has 31 heavy (non-hydrogen) atoms. The SMILES string of the molecule is COc1cccc(/C=N/Nc2nc(-c3ccccc3)c(C)s2)c1OCc1ccccc1. The molecule has 0 radical (unpaired) electrons. The second kappa shape index (κ2) is 9.91. The average Bonchev–Trinajstić information content (AvgIpc) is 3.19. The van der Waals surface area contributed by atoms with Crippen molar-refractivity contribution in [1.29, 1.82) is 0 Å². The van der Waals surface area contributed by atoms with Crippen LogP contribution in [-0.2, 0) is 6.61 Å². The van der Waals surface area contributed by atoms with Crippen LogP contribution in [0.15, 0.2) is 84.0 Å². The van der Waals surface area contributed by atoms with E-state index in [1.807, 2.05) is 66.7 Å². The molecule has 1 aromatic heterocycles. The number of ether oxygens (including phenoxy) is 2. The van der Waals surface area contributed by atoms with Gasteiger partial charge in [-0.3, -0.25) is 5.43 Å². The van der Waals surface area contributed by atoms with Crippen molar-refractivity contribution in [3.8, 4) is 22.8 Å². The first kappa shape index (κ1) is 20.6. The van der Waals surface area contributed by atoms with Gasteiger partial charge in [0, 0.05) is 16.0 Å². The van der Waals surface area contributed by atoms with Gasteiger partial charge in [-0.2, -0.15) is 5.10 Å². The number of hydrogen-bond donors (Lipinski definition) is 1. The molecular formula is C25H23N3O2S. The Kier molecular flexibility index (Phi) is 6.59. The Morgan fingerprint density at radius 3 is 2.45 bits per heavy atom. The summed E-state index contributed by atoms with van der Waals surface area (Å²) in [5.74, 6) is 1.32. The van der Waals surface area contributed by atoms with Crippen molar-refractivity contribution in [2.24, 2.45) is 5.10 Å². The van der Waals surface area contributed by atoms with Crippen LogP contribution in [0.5, 0.6) is 11.5 Å². The van der Waals surface area contributed by atoms with Gasteiger partial charge in [0.05, 0.1) is 19.0 Å². The van der Waals surface area contributed by atoms with Crippen molar-refractivity contribution in [2.75, 3.05) is 12.5 Å². The summed E-state index contributed by atoms with van der Waals surface area (Å²) in [6, 6.07) is 25.9. The van der Waals surface area contributed by atoms with E-state index in [1.165, 1.54) is 0 Å². The zero-order chi connectivity index (χ0) is 21.5. The predicted octanol–water partition coefficient (Wildman–Crippen LogP) is 6.15. The topological polar surface area (TPSA) is 55.7 Å². The number of nitrogens with zero attached hydrogens (tertiary/aromatic N) is 2. The molecule has 4 aromatic rings. The van der Waals surface area contributed by atoms with Crippen LogP contribution in [0.1, 0.15) is 16.0 Å². The van der Waals surface area contributed by atoms with Gasteiger partial charge < -0.3 is 9.47 Å². The summed E-state index contributed by atoms with van der Waals surface area (Å²) in [7, 11) is 1.63.